The normalized spacial score (nSPS) is 15.0. The zero-order chi connectivity index (χ0) is 18.1. The molecule has 7 nitrogen and oxygen atoms in total. The molecule has 136 valence electrons. The van der Waals surface area contributed by atoms with E-state index in [1.165, 1.54) is 0 Å². The first-order valence-corrected chi connectivity index (χ1v) is 9.08. The van der Waals surface area contributed by atoms with E-state index in [2.05, 4.69) is 20.4 Å². The molecule has 2 aromatic heterocycles. The molecule has 0 amide bonds. The summed E-state index contributed by atoms with van der Waals surface area (Å²) in [4.78, 5) is 11.8. The predicted octanol–water partition coefficient (Wildman–Crippen LogP) is 2.88. The van der Waals surface area contributed by atoms with Gasteiger partial charge >= 0.3 is 0 Å². The molecular formula is C17H18Cl2N6O. The first kappa shape index (κ1) is 17.5. The van der Waals surface area contributed by atoms with Crippen molar-refractivity contribution in [2.24, 2.45) is 0 Å². The minimum Gasteiger partial charge on any atom is -0.378 e. The summed E-state index contributed by atoms with van der Waals surface area (Å²) in [6.45, 7) is 3.95. The number of rotatable bonds is 4. The van der Waals surface area contributed by atoms with E-state index in [0.717, 1.165) is 43.3 Å². The first-order valence-electron chi connectivity index (χ1n) is 8.33. The molecule has 0 spiro atoms. The van der Waals surface area contributed by atoms with Crippen LogP contribution in [-0.2, 0) is 11.3 Å². The summed E-state index contributed by atoms with van der Waals surface area (Å²) in [6.07, 6.45) is 0. The van der Waals surface area contributed by atoms with Gasteiger partial charge in [0, 0.05) is 38.9 Å². The zero-order valence-corrected chi connectivity index (χ0v) is 15.7. The highest BCUT2D eigenvalue weighted by molar-refractivity contribution is 6.43. The van der Waals surface area contributed by atoms with Gasteiger partial charge in [-0.1, -0.05) is 35.3 Å². The molecule has 0 saturated carbocycles. The molecule has 1 saturated heterocycles. The molecule has 0 aliphatic carbocycles. The summed E-state index contributed by atoms with van der Waals surface area (Å²) in [6, 6.07) is 5.45. The molecule has 1 aliphatic rings. The number of fused-ring (bicyclic) bond motifs is 1. The van der Waals surface area contributed by atoms with Crippen LogP contribution in [0.25, 0.3) is 22.4 Å². The quantitative estimate of drug-likeness (QED) is 0.710. The molecule has 0 atom stereocenters. The predicted molar refractivity (Wildman–Crippen MR) is 103 cm³/mol. The minimum absolute atomic E-state index is 0.371. The lowest BCUT2D eigenvalue weighted by Crippen LogP contribution is -2.44. The van der Waals surface area contributed by atoms with Crippen LogP contribution in [0.1, 0.15) is 5.69 Å². The van der Waals surface area contributed by atoms with Crippen molar-refractivity contribution in [1.29, 1.82) is 0 Å². The SMILES string of the molecule is COCc1nc2c(-c3cccc(Cl)c3Cl)n[nH]c2nc1N1CCNCC1. The third kappa shape index (κ3) is 3.12. The van der Waals surface area contributed by atoms with Crippen molar-refractivity contribution >= 4 is 40.2 Å². The molecule has 3 aromatic rings. The second kappa shape index (κ2) is 7.36. The van der Waals surface area contributed by atoms with Gasteiger partial charge in [0.25, 0.3) is 0 Å². The van der Waals surface area contributed by atoms with Gasteiger partial charge in [0.15, 0.2) is 11.5 Å². The van der Waals surface area contributed by atoms with E-state index in [4.69, 9.17) is 37.9 Å². The van der Waals surface area contributed by atoms with Gasteiger partial charge in [-0.05, 0) is 6.07 Å². The summed E-state index contributed by atoms with van der Waals surface area (Å²) in [5, 5.41) is 11.6. The first-order chi connectivity index (χ1) is 12.7. The molecule has 1 fully saturated rings. The Bertz CT molecular complexity index is 938. The van der Waals surface area contributed by atoms with Crippen LogP contribution in [0.15, 0.2) is 18.2 Å². The van der Waals surface area contributed by atoms with E-state index in [9.17, 15) is 0 Å². The Morgan fingerprint density at radius 3 is 2.77 bits per heavy atom. The highest BCUT2D eigenvalue weighted by Crippen LogP contribution is 2.35. The Hall–Kier alpha value is -1.93. The van der Waals surface area contributed by atoms with Crippen LogP contribution in [0.3, 0.4) is 0 Å². The Labute approximate surface area is 160 Å². The Morgan fingerprint density at radius 2 is 2.00 bits per heavy atom. The van der Waals surface area contributed by atoms with Crippen LogP contribution < -0.4 is 10.2 Å². The van der Waals surface area contributed by atoms with E-state index in [1.807, 2.05) is 12.1 Å². The molecule has 0 bridgehead atoms. The number of methoxy groups -OCH3 is 1. The van der Waals surface area contributed by atoms with Crippen LogP contribution in [0.2, 0.25) is 10.0 Å². The fourth-order valence-electron chi connectivity index (χ4n) is 3.10. The number of nitrogens with zero attached hydrogens (tertiary/aromatic N) is 4. The van der Waals surface area contributed by atoms with Gasteiger partial charge in [-0.2, -0.15) is 5.10 Å². The monoisotopic (exact) mass is 392 g/mol. The molecule has 4 rings (SSSR count). The van der Waals surface area contributed by atoms with Gasteiger partial charge < -0.3 is 15.0 Å². The topological polar surface area (TPSA) is 79.0 Å². The van der Waals surface area contributed by atoms with Crippen molar-refractivity contribution in [3.05, 3.63) is 33.9 Å². The smallest absolute Gasteiger partial charge is 0.177 e. The average molecular weight is 393 g/mol. The Balaban J connectivity index is 1.85. The third-order valence-electron chi connectivity index (χ3n) is 4.35. The molecule has 2 N–H and O–H groups in total. The molecule has 3 heterocycles. The fourth-order valence-corrected chi connectivity index (χ4v) is 3.49. The van der Waals surface area contributed by atoms with E-state index in [-0.39, 0.29) is 0 Å². The molecule has 1 aliphatic heterocycles. The number of nitrogens with one attached hydrogen (secondary N) is 2. The lowest BCUT2D eigenvalue weighted by molar-refractivity contribution is 0.181. The van der Waals surface area contributed by atoms with Crippen LogP contribution in [-0.4, -0.2) is 53.5 Å². The van der Waals surface area contributed by atoms with Gasteiger partial charge in [0.1, 0.15) is 16.9 Å². The van der Waals surface area contributed by atoms with E-state index in [1.54, 1.807) is 13.2 Å². The Kier molecular flexibility index (Phi) is 4.95. The largest absolute Gasteiger partial charge is 0.378 e. The number of halogens is 2. The second-order valence-electron chi connectivity index (χ2n) is 6.03. The van der Waals surface area contributed by atoms with Crippen molar-refractivity contribution < 1.29 is 4.74 Å². The molecule has 26 heavy (non-hydrogen) atoms. The van der Waals surface area contributed by atoms with Crippen LogP contribution in [0.5, 0.6) is 0 Å². The van der Waals surface area contributed by atoms with Gasteiger partial charge in [-0.25, -0.2) is 9.97 Å². The van der Waals surface area contributed by atoms with Crippen molar-refractivity contribution in [2.45, 2.75) is 6.61 Å². The maximum absolute atomic E-state index is 6.37. The number of aromatic amines is 1. The lowest BCUT2D eigenvalue weighted by Gasteiger charge is -2.29. The molecule has 9 heteroatoms. The van der Waals surface area contributed by atoms with Gasteiger partial charge in [0.05, 0.1) is 16.7 Å². The fraction of sp³-hybridized carbons (Fsp3) is 0.353. The van der Waals surface area contributed by atoms with Crippen molar-refractivity contribution in [3.8, 4) is 11.3 Å². The Morgan fingerprint density at radius 1 is 1.19 bits per heavy atom. The van der Waals surface area contributed by atoms with E-state index < -0.39 is 0 Å². The number of piperazine rings is 1. The third-order valence-corrected chi connectivity index (χ3v) is 5.17. The highest BCUT2D eigenvalue weighted by Gasteiger charge is 2.22. The van der Waals surface area contributed by atoms with Crippen molar-refractivity contribution in [3.63, 3.8) is 0 Å². The summed E-state index contributed by atoms with van der Waals surface area (Å²) < 4.78 is 5.35. The van der Waals surface area contributed by atoms with Crippen molar-refractivity contribution in [2.75, 3.05) is 38.2 Å². The second-order valence-corrected chi connectivity index (χ2v) is 6.82. The number of hydrogen-bond donors (Lipinski definition) is 2. The molecular weight excluding hydrogens is 375 g/mol. The number of hydrogen-bond acceptors (Lipinski definition) is 6. The number of H-pyrrole nitrogens is 1. The number of aromatic nitrogens is 4. The van der Waals surface area contributed by atoms with E-state index >= 15 is 0 Å². The van der Waals surface area contributed by atoms with Crippen LogP contribution in [0, 0.1) is 0 Å². The maximum Gasteiger partial charge on any atom is 0.177 e. The van der Waals surface area contributed by atoms with Crippen molar-refractivity contribution in [1.82, 2.24) is 25.5 Å². The molecule has 0 unspecified atom stereocenters. The van der Waals surface area contributed by atoms with Crippen LogP contribution in [0.4, 0.5) is 5.82 Å². The molecule has 0 radical (unpaired) electrons. The lowest BCUT2D eigenvalue weighted by atomic mass is 10.1. The summed E-state index contributed by atoms with van der Waals surface area (Å²) in [5.74, 6) is 0.827. The van der Waals surface area contributed by atoms with Gasteiger partial charge in [-0.15, -0.1) is 0 Å². The maximum atomic E-state index is 6.37. The number of anilines is 1. The summed E-state index contributed by atoms with van der Waals surface area (Å²) >= 11 is 12.5. The van der Waals surface area contributed by atoms with Gasteiger partial charge in [-0.3, -0.25) is 5.10 Å². The average Bonchev–Trinajstić information content (AvgIpc) is 3.07. The minimum atomic E-state index is 0.371. The summed E-state index contributed by atoms with van der Waals surface area (Å²) in [7, 11) is 1.65. The van der Waals surface area contributed by atoms with E-state index in [0.29, 0.717) is 33.5 Å². The number of ether oxygens (including phenoxy) is 1. The summed E-state index contributed by atoms with van der Waals surface area (Å²) in [5.41, 5.74) is 3.40. The zero-order valence-electron chi connectivity index (χ0n) is 14.2. The molecule has 1 aromatic carbocycles. The highest BCUT2D eigenvalue weighted by atomic mass is 35.5. The standard InChI is InChI=1S/C17H18Cl2N6O/c1-26-9-12-17(25-7-5-20-6-8-25)22-16-15(21-12)14(23-24-16)10-3-2-4-11(18)13(10)19/h2-4,20H,5-9H2,1H3,(H,22,23,24). The van der Waals surface area contributed by atoms with Gasteiger partial charge in [0.2, 0.25) is 0 Å². The van der Waals surface area contributed by atoms with Crippen LogP contribution >= 0.6 is 23.2 Å². The number of benzene rings is 1.